The van der Waals surface area contributed by atoms with E-state index >= 15 is 0 Å². The topological polar surface area (TPSA) is 153 Å². The van der Waals surface area contributed by atoms with E-state index in [0.29, 0.717) is 41.2 Å². The largest absolute Gasteiger partial charge is 0.497 e. The molecule has 0 radical (unpaired) electrons. The van der Waals surface area contributed by atoms with Gasteiger partial charge in [0.1, 0.15) is 35.4 Å². The summed E-state index contributed by atoms with van der Waals surface area (Å²) in [4.78, 5) is 38.6. The fourth-order valence-corrected chi connectivity index (χ4v) is 4.52. The molecule has 0 saturated carbocycles. The van der Waals surface area contributed by atoms with Crippen molar-refractivity contribution in [2.24, 2.45) is 16.8 Å². The highest BCUT2D eigenvalue weighted by atomic mass is 16.5. The highest BCUT2D eigenvalue weighted by Crippen LogP contribution is 2.35. The quantitative estimate of drug-likeness (QED) is 0.222. The summed E-state index contributed by atoms with van der Waals surface area (Å²) in [6, 6.07) is 10.1. The average molecular weight is 515 g/mol. The number of nitrogens with one attached hydrogen (secondary N) is 1. The van der Waals surface area contributed by atoms with E-state index in [2.05, 4.69) is 5.18 Å². The number of hydrogen-bond donors (Lipinski definition) is 3. The molecule has 0 bridgehead atoms. The number of hydroxylamine groups is 1. The number of nitrogens with two attached hydrogens (primary N) is 1. The molecule has 3 atom stereocenters. The molecule has 2 aromatic rings. The maximum absolute atomic E-state index is 13.3. The van der Waals surface area contributed by atoms with Gasteiger partial charge < -0.3 is 24.8 Å². The van der Waals surface area contributed by atoms with Gasteiger partial charge in [-0.05, 0) is 54.7 Å². The summed E-state index contributed by atoms with van der Waals surface area (Å²) in [6.45, 7) is 4.11. The number of amides is 2. The van der Waals surface area contributed by atoms with Crippen LogP contribution < -0.4 is 25.4 Å². The van der Waals surface area contributed by atoms with Crippen LogP contribution in [0, 0.1) is 10.8 Å². The second-order valence-corrected chi connectivity index (χ2v) is 9.41. The number of carbonyl (C=O) groups excluding carboxylic acids is 2. The molecule has 11 nitrogen and oxygen atoms in total. The molecule has 3 rings (SSSR count). The molecule has 2 amide bonds. The number of ether oxygens (including phenoxy) is 3. The summed E-state index contributed by atoms with van der Waals surface area (Å²) in [6.07, 6.45) is 0.705. The normalized spacial score (nSPS) is 18.9. The van der Waals surface area contributed by atoms with Gasteiger partial charge in [-0.3, -0.25) is 14.8 Å². The first-order valence-corrected chi connectivity index (χ1v) is 12.0. The van der Waals surface area contributed by atoms with Gasteiger partial charge in [-0.1, -0.05) is 31.2 Å². The third kappa shape index (κ3) is 6.00. The monoisotopic (exact) mass is 514 g/mol. The number of likely N-dealkylation sites (tertiary alicyclic amines) is 1. The van der Waals surface area contributed by atoms with E-state index in [1.54, 1.807) is 47.9 Å². The van der Waals surface area contributed by atoms with E-state index in [9.17, 15) is 14.5 Å². The molecule has 4 N–H and O–H groups in total. The molecule has 1 saturated heterocycles. The molecule has 11 heteroatoms. The van der Waals surface area contributed by atoms with E-state index < -0.39 is 23.5 Å². The number of hydrogen-bond acceptors (Lipinski definition) is 9. The smallest absolute Gasteiger partial charge is 0.266 e. The van der Waals surface area contributed by atoms with Crippen molar-refractivity contribution in [1.82, 2.24) is 10.4 Å². The van der Waals surface area contributed by atoms with Crippen molar-refractivity contribution in [3.05, 3.63) is 58.5 Å². The lowest BCUT2D eigenvalue weighted by Crippen LogP contribution is -2.52. The summed E-state index contributed by atoms with van der Waals surface area (Å²) in [7, 11) is 3.03. The van der Waals surface area contributed by atoms with E-state index in [4.69, 9.17) is 25.2 Å². The van der Waals surface area contributed by atoms with Crippen LogP contribution in [-0.2, 0) is 15.1 Å². The molecule has 37 heavy (non-hydrogen) atoms. The van der Waals surface area contributed by atoms with Crippen LogP contribution in [0.25, 0.3) is 0 Å². The SMILES string of the molecule is COc1ccc(OC)c(C(COc2ccc([C@]3(N)CCN(C(CC(C)C)C(=O)NO)C3=O)cc2)N=O)c1. The molecule has 1 aliphatic rings. The fraction of sp³-hybridized carbons (Fsp3) is 0.462. The second-order valence-electron chi connectivity index (χ2n) is 9.41. The Hall–Kier alpha value is -3.70. The summed E-state index contributed by atoms with van der Waals surface area (Å²) in [5.74, 6) is 0.615. The Morgan fingerprint density at radius 2 is 1.84 bits per heavy atom. The molecule has 2 unspecified atom stereocenters. The lowest BCUT2D eigenvalue weighted by Gasteiger charge is -2.30. The lowest BCUT2D eigenvalue weighted by molar-refractivity contribution is -0.144. The zero-order valence-electron chi connectivity index (χ0n) is 21.5. The van der Waals surface area contributed by atoms with Gasteiger partial charge in [0.25, 0.3) is 5.91 Å². The van der Waals surface area contributed by atoms with Crippen molar-refractivity contribution in [3.8, 4) is 17.2 Å². The van der Waals surface area contributed by atoms with Crippen molar-refractivity contribution in [3.63, 3.8) is 0 Å². The standard InChI is InChI=1S/C26H34N4O7/c1-16(2)13-22(24(31)29-34)30-12-11-26(27,25(30)32)17-5-7-18(8-6-17)37-15-21(28-33)20-14-19(35-3)9-10-23(20)36-4/h5-10,14,16,21-22,34H,11-13,15,27H2,1-4H3,(H,29,31)/t21?,22?,26-/m1/s1. The van der Waals surface area contributed by atoms with E-state index in [1.807, 2.05) is 13.8 Å². The molecule has 1 aliphatic heterocycles. The summed E-state index contributed by atoms with van der Waals surface area (Å²) in [5, 5.41) is 12.3. The minimum absolute atomic E-state index is 0.0417. The molecule has 1 fully saturated rings. The highest BCUT2D eigenvalue weighted by Gasteiger charge is 2.48. The third-order valence-corrected chi connectivity index (χ3v) is 6.57. The molecule has 0 aliphatic carbocycles. The fourth-order valence-electron chi connectivity index (χ4n) is 4.52. The van der Waals surface area contributed by atoms with E-state index in [-0.39, 0.29) is 25.0 Å². The zero-order chi connectivity index (χ0) is 27.2. The maximum Gasteiger partial charge on any atom is 0.266 e. The molecule has 200 valence electrons. The van der Waals surface area contributed by atoms with Crippen LogP contribution in [0.15, 0.2) is 47.6 Å². The number of methoxy groups -OCH3 is 2. The van der Waals surface area contributed by atoms with Crippen LogP contribution in [0.5, 0.6) is 17.2 Å². The van der Waals surface area contributed by atoms with Crippen molar-refractivity contribution in [1.29, 1.82) is 0 Å². The van der Waals surface area contributed by atoms with Gasteiger partial charge in [0.2, 0.25) is 5.91 Å². The third-order valence-electron chi connectivity index (χ3n) is 6.57. The van der Waals surface area contributed by atoms with Gasteiger partial charge >= 0.3 is 0 Å². The molecular formula is C26H34N4O7. The predicted molar refractivity (Wildman–Crippen MR) is 135 cm³/mol. The Kier molecular flexibility index (Phi) is 9.06. The first kappa shape index (κ1) is 27.9. The Labute approximate surface area is 215 Å². The Balaban J connectivity index is 1.73. The van der Waals surface area contributed by atoms with Crippen molar-refractivity contribution in [2.45, 2.75) is 44.3 Å². The van der Waals surface area contributed by atoms with Gasteiger partial charge in [0.05, 0.1) is 14.2 Å². The Bertz CT molecular complexity index is 1110. The van der Waals surface area contributed by atoms with Crippen LogP contribution in [-0.4, -0.2) is 55.3 Å². The van der Waals surface area contributed by atoms with E-state index in [1.165, 1.54) is 19.1 Å². The molecule has 2 aromatic carbocycles. The Morgan fingerprint density at radius 1 is 1.16 bits per heavy atom. The van der Waals surface area contributed by atoms with Crippen LogP contribution in [0.4, 0.5) is 0 Å². The van der Waals surface area contributed by atoms with E-state index in [0.717, 1.165) is 0 Å². The molecule has 1 heterocycles. The zero-order valence-corrected chi connectivity index (χ0v) is 21.5. The van der Waals surface area contributed by atoms with Crippen LogP contribution in [0.2, 0.25) is 0 Å². The average Bonchev–Trinajstić information content (AvgIpc) is 3.21. The predicted octanol–water partition coefficient (Wildman–Crippen LogP) is 2.90. The van der Waals surface area contributed by atoms with Crippen LogP contribution in [0.1, 0.15) is 43.9 Å². The number of nitroso groups, excluding NO2 is 1. The second kappa shape index (κ2) is 12.0. The minimum atomic E-state index is -1.32. The van der Waals surface area contributed by atoms with Gasteiger partial charge in [-0.2, -0.15) is 4.91 Å². The van der Waals surface area contributed by atoms with Crippen molar-refractivity contribution >= 4 is 11.8 Å². The van der Waals surface area contributed by atoms with Gasteiger partial charge in [0.15, 0.2) is 6.04 Å². The van der Waals surface area contributed by atoms with Crippen LogP contribution in [0.3, 0.4) is 0 Å². The minimum Gasteiger partial charge on any atom is -0.497 e. The number of nitrogens with zero attached hydrogens (tertiary/aromatic N) is 2. The Morgan fingerprint density at radius 3 is 2.41 bits per heavy atom. The van der Waals surface area contributed by atoms with Crippen molar-refractivity contribution in [2.75, 3.05) is 27.4 Å². The van der Waals surface area contributed by atoms with Crippen molar-refractivity contribution < 1.29 is 29.0 Å². The maximum atomic E-state index is 13.3. The number of benzene rings is 2. The number of rotatable bonds is 12. The summed E-state index contributed by atoms with van der Waals surface area (Å²) >= 11 is 0. The van der Waals surface area contributed by atoms with Crippen LogP contribution >= 0.6 is 0 Å². The van der Waals surface area contributed by atoms with Gasteiger partial charge in [-0.15, -0.1) is 0 Å². The molecule has 0 spiro atoms. The molecular weight excluding hydrogens is 480 g/mol. The van der Waals surface area contributed by atoms with Gasteiger partial charge in [0, 0.05) is 12.1 Å². The first-order chi connectivity index (χ1) is 17.7. The number of carbonyl (C=O) groups is 2. The van der Waals surface area contributed by atoms with Gasteiger partial charge in [-0.25, -0.2) is 5.48 Å². The summed E-state index contributed by atoms with van der Waals surface area (Å²) < 4.78 is 16.4. The lowest BCUT2D eigenvalue weighted by atomic mass is 9.89. The summed E-state index contributed by atoms with van der Waals surface area (Å²) in [5.41, 5.74) is 8.00. The highest BCUT2D eigenvalue weighted by molar-refractivity contribution is 5.94. The first-order valence-electron chi connectivity index (χ1n) is 12.0. The molecule has 0 aromatic heterocycles.